The van der Waals surface area contributed by atoms with E-state index < -0.39 is 0 Å². The number of para-hydroxylation sites is 1. The number of ether oxygens (including phenoxy) is 2. The molecule has 0 unspecified atom stereocenters. The molecule has 0 saturated carbocycles. The van der Waals surface area contributed by atoms with Crippen LogP contribution in [0.4, 0.5) is 0 Å². The highest BCUT2D eigenvalue weighted by Gasteiger charge is 2.17. The van der Waals surface area contributed by atoms with Crippen molar-refractivity contribution >= 4 is 5.91 Å². The molecule has 5 heteroatoms. The molecule has 5 nitrogen and oxygen atoms in total. The minimum Gasteiger partial charge on any atom is -0.504 e. The third kappa shape index (κ3) is 3.37. The molecular formula is C13H19NO4. The molecule has 0 saturated heterocycles. The molecule has 0 fully saturated rings. The highest BCUT2D eigenvalue weighted by molar-refractivity contribution is 5.97. The van der Waals surface area contributed by atoms with Crippen LogP contribution >= 0.6 is 0 Å². The summed E-state index contributed by atoms with van der Waals surface area (Å²) in [7, 11) is 3.11. The lowest BCUT2D eigenvalue weighted by atomic mass is 10.1. The number of phenols is 1. The van der Waals surface area contributed by atoms with Gasteiger partial charge in [0.15, 0.2) is 11.5 Å². The van der Waals surface area contributed by atoms with E-state index in [1.54, 1.807) is 25.2 Å². The van der Waals surface area contributed by atoms with Crippen molar-refractivity contribution in [2.24, 2.45) is 0 Å². The van der Waals surface area contributed by atoms with Crippen LogP contribution in [0.15, 0.2) is 18.2 Å². The summed E-state index contributed by atoms with van der Waals surface area (Å²) in [5, 5.41) is 9.88. The van der Waals surface area contributed by atoms with Crippen LogP contribution < -0.4 is 4.74 Å². The van der Waals surface area contributed by atoms with E-state index in [-0.39, 0.29) is 17.2 Å². The molecule has 0 aliphatic carbocycles. The summed E-state index contributed by atoms with van der Waals surface area (Å²) < 4.78 is 10.2. The van der Waals surface area contributed by atoms with Gasteiger partial charge in [0.1, 0.15) is 0 Å². The summed E-state index contributed by atoms with van der Waals surface area (Å²) in [6.07, 6.45) is 0. The number of amides is 1. The molecule has 1 amide bonds. The molecule has 0 atom stereocenters. The Kier molecular flexibility index (Phi) is 5.45. The summed E-state index contributed by atoms with van der Waals surface area (Å²) in [6.45, 7) is 3.47. The zero-order valence-corrected chi connectivity index (χ0v) is 11.0. The number of phenolic OH excluding ortho intramolecular Hbond substituents is 1. The van der Waals surface area contributed by atoms with E-state index in [0.717, 1.165) is 0 Å². The minimum absolute atomic E-state index is 0.131. The number of rotatable bonds is 6. The van der Waals surface area contributed by atoms with Gasteiger partial charge in [-0.1, -0.05) is 6.07 Å². The molecule has 1 N–H and O–H groups in total. The van der Waals surface area contributed by atoms with Crippen LogP contribution in [0.3, 0.4) is 0 Å². The van der Waals surface area contributed by atoms with Crippen molar-refractivity contribution in [3.05, 3.63) is 23.8 Å². The minimum atomic E-state index is -0.258. The fourth-order valence-corrected chi connectivity index (χ4v) is 1.51. The fourth-order valence-electron chi connectivity index (χ4n) is 1.51. The van der Waals surface area contributed by atoms with Gasteiger partial charge in [-0.25, -0.2) is 0 Å². The topological polar surface area (TPSA) is 59.0 Å². The number of benzene rings is 1. The average molecular weight is 253 g/mol. The van der Waals surface area contributed by atoms with Crippen molar-refractivity contribution in [2.45, 2.75) is 6.92 Å². The first kappa shape index (κ1) is 14.3. The van der Waals surface area contributed by atoms with Gasteiger partial charge < -0.3 is 19.5 Å². The highest BCUT2D eigenvalue weighted by atomic mass is 16.5. The lowest BCUT2D eigenvalue weighted by Crippen LogP contribution is -2.30. The maximum absolute atomic E-state index is 12.1. The van der Waals surface area contributed by atoms with Crippen molar-refractivity contribution in [3.8, 4) is 11.5 Å². The normalized spacial score (nSPS) is 10.2. The first-order valence-electron chi connectivity index (χ1n) is 5.81. The van der Waals surface area contributed by atoms with Crippen LogP contribution in [-0.2, 0) is 4.74 Å². The van der Waals surface area contributed by atoms with Crippen molar-refractivity contribution in [1.82, 2.24) is 4.90 Å². The molecule has 0 aliphatic heterocycles. The molecule has 0 spiro atoms. The second kappa shape index (κ2) is 6.86. The highest BCUT2D eigenvalue weighted by Crippen LogP contribution is 2.29. The lowest BCUT2D eigenvalue weighted by Gasteiger charge is -2.18. The molecule has 0 bridgehead atoms. The molecule has 1 aromatic rings. The molecule has 0 aromatic heterocycles. The van der Waals surface area contributed by atoms with E-state index in [9.17, 15) is 9.90 Å². The standard InChI is InChI=1S/C13H19NO4/c1-4-18-9-8-14(2)13(16)10-6-5-7-11(17-3)12(10)15/h5-7,15H,4,8-9H2,1-3H3. The van der Waals surface area contributed by atoms with Gasteiger partial charge in [-0.05, 0) is 19.1 Å². The van der Waals surface area contributed by atoms with Gasteiger partial charge in [0.2, 0.25) is 0 Å². The molecule has 100 valence electrons. The predicted molar refractivity (Wildman–Crippen MR) is 68.1 cm³/mol. The molecule has 1 rings (SSSR count). The zero-order valence-electron chi connectivity index (χ0n) is 11.0. The van der Waals surface area contributed by atoms with Gasteiger partial charge >= 0.3 is 0 Å². The first-order chi connectivity index (χ1) is 8.61. The Bertz CT molecular complexity index is 406. The summed E-state index contributed by atoms with van der Waals surface area (Å²) in [6, 6.07) is 4.84. The largest absolute Gasteiger partial charge is 0.504 e. The molecule has 1 aromatic carbocycles. The van der Waals surface area contributed by atoms with Crippen LogP contribution in [0.1, 0.15) is 17.3 Å². The van der Waals surface area contributed by atoms with E-state index in [1.165, 1.54) is 12.0 Å². The molecular weight excluding hydrogens is 234 g/mol. The zero-order chi connectivity index (χ0) is 13.5. The summed E-state index contributed by atoms with van der Waals surface area (Å²) in [4.78, 5) is 13.6. The summed E-state index contributed by atoms with van der Waals surface area (Å²) in [5.41, 5.74) is 0.230. The van der Waals surface area contributed by atoms with Gasteiger partial charge in [0.05, 0.1) is 19.3 Å². The Morgan fingerprint density at radius 2 is 2.17 bits per heavy atom. The van der Waals surface area contributed by atoms with Gasteiger partial charge in [-0.3, -0.25) is 4.79 Å². The molecule has 0 heterocycles. The number of methoxy groups -OCH3 is 1. The Hall–Kier alpha value is -1.75. The number of hydrogen-bond donors (Lipinski definition) is 1. The maximum Gasteiger partial charge on any atom is 0.257 e. The van der Waals surface area contributed by atoms with E-state index in [0.29, 0.717) is 25.5 Å². The van der Waals surface area contributed by atoms with Gasteiger partial charge in [-0.2, -0.15) is 0 Å². The number of carbonyl (C=O) groups excluding carboxylic acids is 1. The Morgan fingerprint density at radius 3 is 2.78 bits per heavy atom. The van der Waals surface area contributed by atoms with Crippen LogP contribution in [0, 0.1) is 0 Å². The van der Waals surface area contributed by atoms with Gasteiger partial charge in [0, 0.05) is 20.2 Å². The number of aromatic hydroxyl groups is 1. The first-order valence-corrected chi connectivity index (χ1v) is 5.81. The molecule has 18 heavy (non-hydrogen) atoms. The quantitative estimate of drug-likeness (QED) is 0.781. The number of carbonyl (C=O) groups is 1. The van der Waals surface area contributed by atoms with Crippen LogP contribution in [-0.4, -0.2) is 49.8 Å². The third-order valence-corrected chi connectivity index (χ3v) is 2.57. The average Bonchev–Trinajstić information content (AvgIpc) is 2.38. The Labute approximate surface area is 107 Å². The molecule has 0 radical (unpaired) electrons. The number of nitrogens with zero attached hydrogens (tertiary/aromatic N) is 1. The fraction of sp³-hybridized carbons (Fsp3) is 0.462. The Morgan fingerprint density at radius 1 is 1.44 bits per heavy atom. The van der Waals surface area contributed by atoms with Crippen molar-refractivity contribution in [3.63, 3.8) is 0 Å². The predicted octanol–water partition coefficient (Wildman–Crippen LogP) is 1.51. The number of hydrogen-bond acceptors (Lipinski definition) is 4. The van der Waals surface area contributed by atoms with E-state index in [1.807, 2.05) is 6.92 Å². The van der Waals surface area contributed by atoms with Gasteiger partial charge in [-0.15, -0.1) is 0 Å². The summed E-state index contributed by atoms with van der Waals surface area (Å²) in [5.74, 6) is -0.0987. The van der Waals surface area contributed by atoms with Crippen LogP contribution in [0.2, 0.25) is 0 Å². The third-order valence-electron chi connectivity index (χ3n) is 2.57. The van der Waals surface area contributed by atoms with E-state index >= 15 is 0 Å². The Balaban J connectivity index is 2.77. The van der Waals surface area contributed by atoms with E-state index in [4.69, 9.17) is 9.47 Å². The maximum atomic E-state index is 12.1. The number of likely N-dealkylation sites (N-methyl/N-ethyl adjacent to an activating group) is 1. The van der Waals surface area contributed by atoms with E-state index in [2.05, 4.69) is 0 Å². The van der Waals surface area contributed by atoms with Crippen LogP contribution in [0.5, 0.6) is 11.5 Å². The summed E-state index contributed by atoms with van der Waals surface area (Å²) >= 11 is 0. The lowest BCUT2D eigenvalue weighted by molar-refractivity contribution is 0.0706. The molecule has 0 aliphatic rings. The van der Waals surface area contributed by atoms with Gasteiger partial charge in [0.25, 0.3) is 5.91 Å². The second-order valence-electron chi connectivity index (χ2n) is 3.78. The van der Waals surface area contributed by atoms with Crippen molar-refractivity contribution in [2.75, 3.05) is 33.9 Å². The monoisotopic (exact) mass is 253 g/mol. The SMILES string of the molecule is CCOCCN(C)C(=O)c1cccc(OC)c1O. The van der Waals surface area contributed by atoms with Crippen molar-refractivity contribution < 1.29 is 19.4 Å². The van der Waals surface area contributed by atoms with Crippen LogP contribution in [0.25, 0.3) is 0 Å². The van der Waals surface area contributed by atoms with Crippen molar-refractivity contribution in [1.29, 1.82) is 0 Å². The smallest absolute Gasteiger partial charge is 0.257 e. The second-order valence-corrected chi connectivity index (χ2v) is 3.78.